The molecule has 0 saturated heterocycles. The number of fused-ring (bicyclic) bond motifs is 3. The summed E-state index contributed by atoms with van der Waals surface area (Å²) in [6.07, 6.45) is 0.541. The third kappa shape index (κ3) is 1.32. The number of nitrogens with zero attached hydrogens (tertiary/aromatic N) is 1. The Morgan fingerprint density at radius 1 is 1.53 bits per heavy atom. The van der Waals surface area contributed by atoms with Gasteiger partial charge in [-0.1, -0.05) is 11.2 Å². The lowest BCUT2D eigenvalue weighted by molar-refractivity contribution is 0.0685. The van der Waals surface area contributed by atoms with Gasteiger partial charge in [-0.05, 0) is 17.7 Å². The van der Waals surface area contributed by atoms with Crippen LogP contribution in [0.25, 0.3) is 11.3 Å². The highest BCUT2D eigenvalue weighted by Gasteiger charge is 2.29. The molecule has 3 rings (SSSR count). The molecule has 1 aromatic heterocycles. The number of methoxy groups -OCH3 is 1. The molecule has 0 unspecified atom stereocenters. The fraction of sp³-hybridized carbons (Fsp3) is 0.167. The highest BCUT2D eigenvalue weighted by molar-refractivity contribution is 5.91. The first-order chi connectivity index (χ1) is 8.20. The summed E-state index contributed by atoms with van der Waals surface area (Å²) < 4.78 is 10.2. The standard InChI is InChI=1S/C12H9NO4/c1-16-7-3-2-6-4-9-10(12(14)15)13-17-11(9)8(6)5-7/h2-3,5H,4H2,1H3,(H,14,15). The van der Waals surface area contributed by atoms with Crippen molar-refractivity contribution < 1.29 is 19.2 Å². The SMILES string of the molecule is COc1ccc2c(c1)-c1onc(C(=O)O)c1C2. The second-order valence-corrected chi connectivity index (χ2v) is 3.84. The van der Waals surface area contributed by atoms with Crippen LogP contribution in [-0.4, -0.2) is 23.3 Å². The number of ether oxygens (including phenoxy) is 1. The van der Waals surface area contributed by atoms with Gasteiger partial charge in [-0.15, -0.1) is 0 Å². The van der Waals surface area contributed by atoms with Crippen molar-refractivity contribution in [1.82, 2.24) is 5.16 Å². The van der Waals surface area contributed by atoms with E-state index in [1.54, 1.807) is 7.11 Å². The smallest absolute Gasteiger partial charge is 0.358 e. The zero-order valence-electron chi connectivity index (χ0n) is 9.06. The van der Waals surface area contributed by atoms with Crippen molar-refractivity contribution in [3.63, 3.8) is 0 Å². The second-order valence-electron chi connectivity index (χ2n) is 3.84. The molecule has 1 heterocycles. The van der Waals surface area contributed by atoms with Gasteiger partial charge in [0, 0.05) is 17.5 Å². The van der Waals surface area contributed by atoms with Crippen LogP contribution in [0.15, 0.2) is 22.7 Å². The highest BCUT2D eigenvalue weighted by atomic mass is 16.5. The van der Waals surface area contributed by atoms with Crippen LogP contribution in [0.4, 0.5) is 0 Å². The van der Waals surface area contributed by atoms with Crippen LogP contribution in [0, 0.1) is 0 Å². The van der Waals surface area contributed by atoms with Crippen LogP contribution in [-0.2, 0) is 6.42 Å². The van der Waals surface area contributed by atoms with Gasteiger partial charge < -0.3 is 14.4 Å². The summed E-state index contributed by atoms with van der Waals surface area (Å²) in [6, 6.07) is 5.59. The minimum Gasteiger partial charge on any atom is -0.497 e. The molecule has 2 aromatic rings. The Labute approximate surface area is 96.6 Å². The van der Waals surface area contributed by atoms with E-state index in [1.165, 1.54) is 0 Å². The van der Waals surface area contributed by atoms with E-state index in [0.29, 0.717) is 23.5 Å². The molecule has 1 aromatic carbocycles. The van der Waals surface area contributed by atoms with Crippen LogP contribution >= 0.6 is 0 Å². The molecule has 0 amide bonds. The summed E-state index contributed by atoms with van der Waals surface area (Å²) in [5.41, 5.74) is 2.53. The number of hydrogen-bond donors (Lipinski definition) is 1. The van der Waals surface area contributed by atoms with Gasteiger partial charge in [0.2, 0.25) is 0 Å². The average Bonchev–Trinajstić information content (AvgIpc) is 2.86. The molecule has 86 valence electrons. The Morgan fingerprint density at radius 3 is 3.06 bits per heavy atom. The monoisotopic (exact) mass is 231 g/mol. The number of benzene rings is 1. The second kappa shape index (κ2) is 3.35. The van der Waals surface area contributed by atoms with Crippen molar-refractivity contribution in [2.24, 2.45) is 0 Å². The van der Waals surface area contributed by atoms with E-state index in [9.17, 15) is 4.79 Å². The summed E-state index contributed by atoms with van der Waals surface area (Å²) in [5, 5.41) is 12.5. The fourth-order valence-electron chi connectivity index (χ4n) is 2.09. The summed E-state index contributed by atoms with van der Waals surface area (Å²) in [6.45, 7) is 0. The van der Waals surface area contributed by atoms with Crippen molar-refractivity contribution in [3.05, 3.63) is 35.0 Å². The Kier molecular flexibility index (Phi) is 1.95. The molecular formula is C12H9NO4. The number of aromatic carboxylic acids is 1. The summed E-state index contributed by atoms with van der Waals surface area (Å²) in [5.74, 6) is 0.191. The lowest BCUT2D eigenvalue weighted by Crippen LogP contribution is -2.00. The van der Waals surface area contributed by atoms with Crippen LogP contribution < -0.4 is 4.74 Å². The predicted octanol–water partition coefficient (Wildman–Crippen LogP) is 1.95. The summed E-state index contributed by atoms with van der Waals surface area (Å²) in [4.78, 5) is 10.9. The van der Waals surface area contributed by atoms with Crippen molar-refractivity contribution in [2.75, 3.05) is 7.11 Å². The van der Waals surface area contributed by atoms with Gasteiger partial charge in [-0.2, -0.15) is 0 Å². The van der Waals surface area contributed by atoms with E-state index in [4.69, 9.17) is 14.4 Å². The normalized spacial score (nSPS) is 12.1. The fourth-order valence-corrected chi connectivity index (χ4v) is 2.09. The molecule has 0 saturated carbocycles. The third-order valence-electron chi connectivity index (χ3n) is 2.92. The van der Waals surface area contributed by atoms with E-state index >= 15 is 0 Å². The summed E-state index contributed by atoms with van der Waals surface area (Å²) in [7, 11) is 1.58. The zero-order valence-corrected chi connectivity index (χ0v) is 9.06. The Bertz CT molecular complexity index is 615. The molecule has 1 N–H and O–H groups in total. The molecule has 0 atom stereocenters. The first-order valence-corrected chi connectivity index (χ1v) is 5.10. The van der Waals surface area contributed by atoms with Gasteiger partial charge in [0.25, 0.3) is 0 Å². The van der Waals surface area contributed by atoms with Crippen LogP contribution in [0.2, 0.25) is 0 Å². The van der Waals surface area contributed by atoms with Gasteiger partial charge >= 0.3 is 5.97 Å². The number of carboxylic acids is 1. The van der Waals surface area contributed by atoms with E-state index < -0.39 is 5.97 Å². The van der Waals surface area contributed by atoms with Gasteiger partial charge in [0.15, 0.2) is 11.5 Å². The summed E-state index contributed by atoms with van der Waals surface area (Å²) >= 11 is 0. The van der Waals surface area contributed by atoms with Crippen molar-refractivity contribution >= 4 is 5.97 Å². The van der Waals surface area contributed by atoms with Crippen molar-refractivity contribution in [1.29, 1.82) is 0 Å². The Balaban J connectivity index is 2.17. The van der Waals surface area contributed by atoms with E-state index in [1.807, 2.05) is 18.2 Å². The zero-order chi connectivity index (χ0) is 12.0. The molecule has 17 heavy (non-hydrogen) atoms. The largest absolute Gasteiger partial charge is 0.497 e. The minimum absolute atomic E-state index is 0.00448. The van der Waals surface area contributed by atoms with Crippen LogP contribution in [0.3, 0.4) is 0 Å². The average molecular weight is 231 g/mol. The number of hydrogen-bond acceptors (Lipinski definition) is 4. The molecule has 0 aliphatic heterocycles. The molecule has 5 heteroatoms. The maximum Gasteiger partial charge on any atom is 0.358 e. The molecule has 1 aliphatic carbocycles. The quantitative estimate of drug-likeness (QED) is 0.729. The lowest BCUT2D eigenvalue weighted by Gasteiger charge is -2.02. The van der Waals surface area contributed by atoms with Crippen LogP contribution in [0.1, 0.15) is 21.6 Å². The van der Waals surface area contributed by atoms with Gasteiger partial charge in [0.05, 0.1) is 7.11 Å². The molecule has 0 radical (unpaired) electrons. The molecule has 1 aliphatic rings. The number of aromatic nitrogens is 1. The Morgan fingerprint density at radius 2 is 2.35 bits per heavy atom. The number of carboxylic acid groups (broad SMARTS) is 1. The predicted molar refractivity (Wildman–Crippen MR) is 58.3 cm³/mol. The van der Waals surface area contributed by atoms with Crippen molar-refractivity contribution in [2.45, 2.75) is 6.42 Å². The topological polar surface area (TPSA) is 72.6 Å². The number of carbonyl (C=O) groups is 1. The van der Waals surface area contributed by atoms with E-state index in [-0.39, 0.29) is 5.69 Å². The number of rotatable bonds is 2. The van der Waals surface area contributed by atoms with E-state index in [2.05, 4.69) is 5.16 Å². The van der Waals surface area contributed by atoms with E-state index in [0.717, 1.165) is 11.1 Å². The molecular weight excluding hydrogens is 222 g/mol. The third-order valence-corrected chi connectivity index (χ3v) is 2.92. The Hall–Kier alpha value is -2.30. The molecule has 5 nitrogen and oxygen atoms in total. The maximum absolute atomic E-state index is 10.9. The lowest BCUT2D eigenvalue weighted by atomic mass is 10.1. The minimum atomic E-state index is -1.06. The first kappa shape index (κ1) is 9.89. The highest BCUT2D eigenvalue weighted by Crippen LogP contribution is 2.40. The van der Waals surface area contributed by atoms with Crippen LogP contribution in [0.5, 0.6) is 5.75 Å². The van der Waals surface area contributed by atoms with Gasteiger partial charge in [-0.3, -0.25) is 0 Å². The van der Waals surface area contributed by atoms with Gasteiger partial charge in [0.1, 0.15) is 5.75 Å². The van der Waals surface area contributed by atoms with Gasteiger partial charge in [-0.25, -0.2) is 4.79 Å². The van der Waals surface area contributed by atoms with Crippen molar-refractivity contribution in [3.8, 4) is 17.1 Å². The molecule has 0 bridgehead atoms. The maximum atomic E-state index is 10.9. The first-order valence-electron chi connectivity index (χ1n) is 5.10. The molecule has 0 spiro atoms. The molecule has 0 fully saturated rings.